The fourth-order valence-electron chi connectivity index (χ4n) is 1.61. The summed E-state index contributed by atoms with van der Waals surface area (Å²) in [6, 6.07) is 0.303. The van der Waals surface area contributed by atoms with Crippen molar-refractivity contribution in [2.75, 3.05) is 5.75 Å². The zero-order chi connectivity index (χ0) is 15.4. The van der Waals surface area contributed by atoms with E-state index in [-0.39, 0.29) is 17.7 Å². The van der Waals surface area contributed by atoms with E-state index < -0.39 is 35.3 Å². The predicted molar refractivity (Wildman–Crippen MR) is 75.2 cm³/mol. The van der Waals surface area contributed by atoms with Crippen molar-refractivity contribution in [2.45, 2.75) is 18.5 Å². The Labute approximate surface area is 120 Å². The molecule has 0 bridgehead atoms. The Kier molecular flexibility index (Phi) is 5.37. The van der Waals surface area contributed by atoms with Crippen LogP contribution in [0.4, 0.5) is 0 Å². The van der Waals surface area contributed by atoms with Gasteiger partial charge in [0.1, 0.15) is 6.04 Å². The highest BCUT2D eigenvalue weighted by Crippen LogP contribution is 2.31. The lowest BCUT2D eigenvalue weighted by Gasteiger charge is -2.13. The van der Waals surface area contributed by atoms with Crippen LogP contribution in [-0.4, -0.2) is 44.9 Å². The van der Waals surface area contributed by atoms with Crippen LogP contribution in [0.1, 0.15) is 15.9 Å². The second kappa shape index (κ2) is 6.60. The van der Waals surface area contributed by atoms with Crippen LogP contribution in [0.25, 0.3) is 0 Å². The second-order valence-electron chi connectivity index (χ2n) is 4.31. The van der Waals surface area contributed by atoms with E-state index in [9.17, 15) is 19.8 Å². The van der Waals surface area contributed by atoms with Gasteiger partial charge in [-0.25, -0.2) is 0 Å². The van der Waals surface area contributed by atoms with E-state index in [0.29, 0.717) is 5.56 Å². The molecule has 7 nitrogen and oxygen atoms in total. The molecule has 0 spiro atoms. The third kappa shape index (κ3) is 3.62. The minimum atomic E-state index is -1.21. The zero-order valence-electron chi connectivity index (χ0n) is 10.5. The standard InChI is InChI=1S/C12H16N2O5S/c13-7(12(18)19)2-5-1-6(10(16)8(14)4-20)11(17)9(15)3-5/h1,3,7-8,15,17,20H,2,4,13-14H2,(H,18,19)/t7-,8-/m0/s1. The first-order chi connectivity index (χ1) is 9.27. The quantitative estimate of drug-likeness (QED) is 0.235. The Morgan fingerprint density at radius 2 is 1.80 bits per heavy atom. The molecule has 0 saturated heterocycles. The number of phenols is 2. The molecule has 1 rings (SSSR count). The van der Waals surface area contributed by atoms with Crippen LogP contribution in [0.3, 0.4) is 0 Å². The van der Waals surface area contributed by atoms with Gasteiger partial charge in [0, 0.05) is 5.75 Å². The molecule has 1 aromatic carbocycles. The van der Waals surface area contributed by atoms with Crippen molar-refractivity contribution >= 4 is 24.4 Å². The number of nitrogens with two attached hydrogens (primary N) is 2. The minimum Gasteiger partial charge on any atom is -0.504 e. The van der Waals surface area contributed by atoms with Crippen molar-refractivity contribution < 1.29 is 24.9 Å². The Morgan fingerprint density at radius 1 is 1.20 bits per heavy atom. The Hall–Kier alpha value is -1.77. The number of hydrogen-bond donors (Lipinski definition) is 6. The molecule has 0 aliphatic rings. The van der Waals surface area contributed by atoms with E-state index in [1.165, 1.54) is 6.07 Å². The molecule has 0 aliphatic heterocycles. The number of ketones is 1. The zero-order valence-corrected chi connectivity index (χ0v) is 11.4. The highest BCUT2D eigenvalue weighted by Gasteiger charge is 2.22. The van der Waals surface area contributed by atoms with Crippen LogP contribution >= 0.6 is 12.6 Å². The van der Waals surface area contributed by atoms with Crippen molar-refractivity contribution in [3.63, 3.8) is 0 Å². The smallest absolute Gasteiger partial charge is 0.320 e. The summed E-state index contributed by atoms with van der Waals surface area (Å²) in [6.07, 6.45) is -0.0977. The first kappa shape index (κ1) is 16.3. The number of carboxylic acids is 1. The molecule has 0 heterocycles. The maximum absolute atomic E-state index is 11.9. The highest BCUT2D eigenvalue weighted by atomic mass is 32.1. The Bertz CT molecular complexity index is 535. The third-order valence-corrected chi connectivity index (χ3v) is 3.11. The molecule has 0 amide bonds. The van der Waals surface area contributed by atoms with E-state index in [2.05, 4.69) is 12.6 Å². The van der Waals surface area contributed by atoms with Crippen molar-refractivity contribution in [2.24, 2.45) is 11.5 Å². The molecule has 0 aromatic heterocycles. The van der Waals surface area contributed by atoms with Crippen LogP contribution in [0.2, 0.25) is 0 Å². The number of hydrogen-bond acceptors (Lipinski definition) is 7. The van der Waals surface area contributed by atoms with Gasteiger partial charge >= 0.3 is 5.97 Å². The molecule has 1 aromatic rings. The lowest BCUT2D eigenvalue weighted by molar-refractivity contribution is -0.138. The molecular weight excluding hydrogens is 284 g/mol. The van der Waals surface area contributed by atoms with Gasteiger partial charge < -0.3 is 26.8 Å². The van der Waals surface area contributed by atoms with Crippen LogP contribution in [0.5, 0.6) is 11.5 Å². The van der Waals surface area contributed by atoms with Gasteiger partial charge in [0.05, 0.1) is 11.6 Å². The molecule has 0 radical (unpaired) electrons. The van der Waals surface area contributed by atoms with Gasteiger partial charge in [0.25, 0.3) is 0 Å². The number of carboxylic acid groups (broad SMARTS) is 1. The van der Waals surface area contributed by atoms with E-state index in [0.717, 1.165) is 6.07 Å². The molecule has 0 fully saturated rings. The van der Waals surface area contributed by atoms with E-state index in [1.54, 1.807) is 0 Å². The lowest BCUT2D eigenvalue weighted by atomic mass is 9.98. The molecule has 20 heavy (non-hydrogen) atoms. The minimum absolute atomic E-state index is 0.0674. The maximum Gasteiger partial charge on any atom is 0.320 e. The van der Waals surface area contributed by atoms with Gasteiger partial charge in [-0.1, -0.05) is 0 Å². The summed E-state index contributed by atoms with van der Waals surface area (Å²) in [5.41, 5.74) is 11.0. The van der Waals surface area contributed by atoms with Crippen LogP contribution in [0.15, 0.2) is 12.1 Å². The molecule has 7 N–H and O–H groups in total. The van der Waals surface area contributed by atoms with Crippen LogP contribution in [0, 0.1) is 0 Å². The largest absolute Gasteiger partial charge is 0.504 e. The normalized spacial score (nSPS) is 13.8. The van der Waals surface area contributed by atoms with Crippen molar-refractivity contribution in [1.29, 1.82) is 0 Å². The first-order valence-corrected chi connectivity index (χ1v) is 6.35. The monoisotopic (exact) mass is 300 g/mol. The van der Waals surface area contributed by atoms with Gasteiger partial charge in [-0.2, -0.15) is 12.6 Å². The van der Waals surface area contributed by atoms with Crippen LogP contribution < -0.4 is 11.5 Å². The van der Waals surface area contributed by atoms with Gasteiger partial charge in [-0.15, -0.1) is 0 Å². The topological polar surface area (TPSA) is 147 Å². The summed E-state index contributed by atoms with van der Waals surface area (Å²) < 4.78 is 0. The number of benzene rings is 1. The fourth-order valence-corrected chi connectivity index (χ4v) is 1.77. The molecular formula is C12H16N2O5S. The number of thiol groups is 1. The summed E-state index contributed by atoms with van der Waals surface area (Å²) in [5.74, 6) is -2.87. The summed E-state index contributed by atoms with van der Waals surface area (Å²) in [4.78, 5) is 22.6. The molecule has 0 aliphatic carbocycles. The van der Waals surface area contributed by atoms with E-state index >= 15 is 0 Å². The van der Waals surface area contributed by atoms with Crippen molar-refractivity contribution in [3.05, 3.63) is 23.3 Å². The maximum atomic E-state index is 11.9. The predicted octanol–water partition coefficient (Wildman–Crippen LogP) is -0.508. The van der Waals surface area contributed by atoms with E-state index in [4.69, 9.17) is 16.6 Å². The fraction of sp³-hybridized carbons (Fsp3) is 0.333. The van der Waals surface area contributed by atoms with E-state index in [1.807, 2.05) is 0 Å². The van der Waals surface area contributed by atoms with Gasteiger partial charge in [-0.3, -0.25) is 9.59 Å². The Balaban J connectivity index is 3.16. The number of aliphatic carboxylic acids is 1. The summed E-state index contributed by atoms with van der Waals surface area (Å²) in [5, 5.41) is 28.0. The highest BCUT2D eigenvalue weighted by molar-refractivity contribution is 7.80. The van der Waals surface area contributed by atoms with Gasteiger partial charge in [0.15, 0.2) is 17.3 Å². The summed E-state index contributed by atoms with van der Waals surface area (Å²) >= 11 is 3.89. The first-order valence-electron chi connectivity index (χ1n) is 5.71. The average molecular weight is 300 g/mol. The number of Topliss-reactive ketones (excluding diaryl/α,β-unsaturated/α-hetero) is 1. The van der Waals surface area contributed by atoms with Gasteiger partial charge in [-0.05, 0) is 24.1 Å². The number of aromatic hydroxyl groups is 2. The van der Waals surface area contributed by atoms with Gasteiger partial charge in [0.2, 0.25) is 0 Å². The summed E-state index contributed by atoms with van der Waals surface area (Å²) in [6.45, 7) is 0. The third-order valence-electron chi connectivity index (χ3n) is 2.72. The molecule has 110 valence electrons. The molecule has 8 heteroatoms. The van der Waals surface area contributed by atoms with Crippen molar-refractivity contribution in [3.8, 4) is 11.5 Å². The average Bonchev–Trinajstić information content (AvgIpc) is 2.40. The summed E-state index contributed by atoms with van der Waals surface area (Å²) in [7, 11) is 0. The Morgan fingerprint density at radius 3 is 2.30 bits per heavy atom. The number of rotatable bonds is 6. The van der Waals surface area contributed by atoms with Crippen molar-refractivity contribution in [1.82, 2.24) is 0 Å². The molecule has 0 saturated carbocycles. The lowest BCUT2D eigenvalue weighted by Crippen LogP contribution is -2.33. The molecule has 0 unspecified atom stereocenters. The van der Waals surface area contributed by atoms with Crippen LogP contribution in [-0.2, 0) is 11.2 Å². The second-order valence-corrected chi connectivity index (χ2v) is 4.68. The SMILES string of the molecule is N[C@@H](Cc1cc(O)c(O)c(C(=O)[C@@H](N)CS)c1)C(=O)O. The number of phenolic OH excluding ortho intramolecular Hbond substituents is 2. The molecule has 2 atom stereocenters. The number of carbonyl (C=O) groups excluding carboxylic acids is 1. The number of carbonyl (C=O) groups is 2.